The number of allylic oxidation sites excluding steroid dienone is 4. The molecule has 0 spiro atoms. The second-order valence-corrected chi connectivity index (χ2v) is 10.6. The number of benzene rings is 1. The van der Waals surface area contributed by atoms with Gasteiger partial charge in [0.1, 0.15) is 0 Å². The Morgan fingerprint density at radius 3 is 2.46 bits per heavy atom. The van der Waals surface area contributed by atoms with E-state index in [1.165, 1.54) is 23.5 Å². The summed E-state index contributed by atoms with van der Waals surface area (Å²) in [6, 6.07) is 2.82. The van der Waals surface area contributed by atoms with E-state index in [1.54, 1.807) is 26.0 Å². The minimum absolute atomic E-state index is 0.0750. The molecular weight excluding hydrogens is 518 g/mol. The lowest BCUT2D eigenvalue weighted by Gasteiger charge is -2.53. The van der Waals surface area contributed by atoms with Crippen LogP contribution in [0, 0.1) is 11.3 Å². The lowest BCUT2D eigenvalue weighted by Crippen LogP contribution is -2.55. The maximum Gasteiger partial charge on any atom is 0.347 e. The second-order valence-electron chi connectivity index (χ2n) is 9.77. The van der Waals surface area contributed by atoms with Crippen LogP contribution in [0.4, 0.5) is 0 Å². The van der Waals surface area contributed by atoms with Crippen molar-refractivity contribution in [2.75, 3.05) is 7.11 Å². The molecule has 2 heterocycles. The van der Waals surface area contributed by atoms with Crippen molar-refractivity contribution in [1.29, 1.82) is 0 Å². The third kappa shape index (κ3) is 2.92. The van der Waals surface area contributed by atoms with Gasteiger partial charge in [0.05, 0.1) is 29.6 Å². The lowest BCUT2D eigenvalue weighted by molar-refractivity contribution is -0.140. The number of phenols is 1. The summed E-state index contributed by atoms with van der Waals surface area (Å²) in [5.74, 6) is -1.38. The summed E-state index contributed by atoms with van der Waals surface area (Å²) in [4.78, 5) is 53.3. The van der Waals surface area contributed by atoms with Gasteiger partial charge in [-0.25, -0.2) is 23.5 Å². The van der Waals surface area contributed by atoms with Gasteiger partial charge in [0.25, 0.3) is 0 Å². The highest BCUT2D eigenvalue weighted by molar-refractivity contribution is 9.10. The molecule has 2 aromatic rings. The number of Topliss-reactive ketones (excluding diaryl/α,β-unsaturated/α-hetero) is 2. The summed E-state index contributed by atoms with van der Waals surface area (Å²) >= 11 is 3.38. The van der Waals surface area contributed by atoms with Gasteiger partial charge in [-0.1, -0.05) is 13.0 Å². The number of carbonyl (C=O) groups excluding carboxylic acids is 2. The van der Waals surface area contributed by atoms with Crippen molar-refractivity contribution in [3.63, 3.8) is 0 Å². The first-order chi connectivity index (χ1) is 16.4. The Hall–Kier alpha value is -3.14. The molecule has 1 fully saturated rings. The number of hydrogen-bond acceptors (Lipinski definition) is 6. The molecule has 1 aliphatic heterocycles. The Morgan fingerprint density at radius 2 is 1.80 bits per heavy atom. The quantitative estimate of drug-likeness (QED) is 0.582. The summed E-state index contributed by atoms with van der Waals surface area (Å²) in [6.45, 7) is 5.34. The van der Waals surface area contributed by atoms with E-state index in [1.807, 2.05) is 13.0 Å². The maximum atomic E-state index is 13.9. The number of phenolic OH excluding ortho intramolecular Hbond substituents is 1. The molecule has 0 bridgehead atoms. The molecule has 5 rings (SSSR count). The number of halogens is 1. The number of ether oxygens (including phenoxy) is 1. The first-order valence-corrected chi connectivity index (χ1v) is 12.2. The maximum absolute atomic E-state index is 13.9. The van der Waals surface area contributed by atoms with E-state index >= 15 is 0 Å². The van der Waals surface area contributed by atoms with Crippen LogP contribution < -0.4 is 16.1 Å². The summed E-state index contributed by atoms with van der Waals surface area (Å²) in [7, 11) is 2.87. The molecule has 0 radical (unpaired) electrons. The number of fused-ring (bicyclic) bond motifs is 4. The molecule has 0 unspecified atom stereocenters. The van der Waals surface area contributed by atoms with Crippen molar-refractivity contribution < 1.29 is 19.4 Å². The largest absolute Gasteiger partial charge is 0.503 e. The first-order valence-electron chi connectivity index (χ1n) is 11.4. The zero-order valence-electron chi connectivity index (χ0n) is 20.1. The van der Waals surface area contributed by atoms with E-state index in [2.05, 4.69) is 15.9 Å². The number of aromatic hydroxyl groups is 1. The molecule has 9 nitrogen and oxygen atoms in total. The molecule has 1 saturated carbocycles. The van der Waals surface area contributed by atoms with Crippen molar-refractivity contribution >= 4 is 27.5 Å². The van der Waals surface area contributed by atoms with Crippen LogP contribution in [0.3, 0.4) is 0 Å². The Labute approximate surface area is 209 Å². The van der Waals surface area contributed by atoms with Gasteiger partial charge in [-0.2, -0.15) is 0 Å². The molecule has 1 aromatic carbocycles. The number of aromatic nitrogens is 3. The number of hydrogen-bond donors (Lipinski definition) is 1. The molecule has 3 aliphatic rings. The molecule has 0 amide bonds. The van der Waals surface area contributed by atoms with E-state index in [9.17, 15) is 24.3 Å². The van der Waals surface area contributed by atoms with Gasteiger partial charge in [-0.05, 0) is 70.6 Å². The van der Waals surface area contributed by atoms with Gasteiger partial charge < -0.3 is 9.84 Å². The van der Waals surface area contributed by atoms with Gasteiger partial charge in [0.15, 0.2) is 23.1 Å². The number of nitrogens with zero attached hydrogens (tertiary/aromatic N) is 3. The molecule has 0 saturated heterocycles. The monoisotopic (exact) mass is 543 g/mol. The van der Waals surface area contributed by atoms with Crippen molar-refractivity contribution in [2.45, 2.75) is 45.7 Å². The van der Waals surface area contributed by atoms with Crippen molar-refractivity contribution in [3.05, 3.63) is 65.9 Å². The Kier molecular flexibility index (Phi) is 5.18. The fourth-order valence-electron chi connectivity index (χ4n) is 6.25. The van der Waals surface area contributed by atoms with Crippen LogP contribution in [0.25, 0.3) is 0 Å². The predicted octanol–water partition coefficient (Wildman–Crippen LogP) is 2.60. The molecule has 184 valence electrons. The van der Waals surface area contributed by atoms with Crippen LogP contribution in [0.15, 0.2) is 49.0 Å². The predicted molar refractivity (Wildman–Crippen MR) is 131 cm³/mol. The number of ketones is 2. The number of methoxy groups -OCH3 is 1. The SMILES string of the molecule is COc1cc([C@H]2C3=CCn4c(=O)n(C)c(=O)n4[C@@H]3C[C@H]3C(=O)C(C)=C(C)C(=O)[C@@]23C)cc(Br)c1O. The molecule has 1 aromatic heterocycles. The average molecular weight is 544 g/mol. The second kappa shape index (κ2) is 7.68. The van der Waals surface area contributed by atoms with Crippen molar-refractivity contribution in [1.82, 2.24) is 13.9 Å². The van der Waals surface area contributed by atoms with Crippen LogP contribution in [0.1, 0.15) is 44.7 Å². The van der Waals surface area contributed by atoms with E-state index in [0.717, 1.165) is 10.1 Å². The summed E-state index contributed by atoms with van der Waals surface area (Å²) in [6.07, 6.45) is 2.12. The first kappa shape index (κ1) is 23.6. The minimum atomic E-state index is -1.12. The third-order valence-corrected chi connectivity index (χ3v) is 8.83. The topological polar surface area (TPSA) is 113 Å². The van der Waals surface area contributed by atoms with Gasteiger partial charge in [0.2, 0.25) is 0 Å². The minimum Gasteiger partial charge on any atom is -0.503 e. The molecule has 4 atom stereocenters. The van der Waals surface area contributed by atoms with E-state index < -0.39 is 34.7 Å². The molecular formula is C25H26BrN3O6. The summed E-state index contributed by atoms with van der Waals surface area (Å²) < 4.78 is 9.63. The number of carbonyl (C=O) groups is 2. The highest BCUT2D eigenvalue weighted by Crippen LogP contribution is 2.61. The van der Waals surface area contributed by atoms with E-state index in [4.69, 9.17) is 4.74 Å². The zero-order valence-corrected chi connectivity index (χ0v) is 21.7. The smallest absolute Gasteiger partial charge is 0.347 e. The highest BCUT2D eigenvalue weighted by Gasteiger charge is 2.60. The summed E-state index contributed by atoms with van der Waals surface area (Å²) in [5.41, 5.74) is 0.324. The third-order valence-electron chi connectivity index (χ3n) is 8.23. The van der Waals surface area contributed by atoms with Crippen molar-refractivity contribution in [2.24, 2.45) is 18.4 Å². The van der Waals surface area contributed by atoms with Crippen LogP contribution in [-0.4, -0.2) is 37.7 Å². The van der Waals surface area contributed by atoms with Crippen LogP contribution in [-0.2, 0) is 23.2 Å². The van der Waals surface area contributed by atoms with Crippen LogP contribution in [0.2, 0.25) is 0 Å². The van der Waals surface area contributed by atoms with E-state index in [-0.39, 0.29) is 36.0 Å². The fraction of sp³-hybridized carbons (Fsp3) is 0.440. The molecule has 2 aliphatic carbocycles. The van der Waals surface area contributed by atoms with Crippen LogP contribution >= 0.6 is 15.9 Å². The van der Waals surface area contributed by atoms with Crippen molar-refractivity contribution in [3.8, 4) is 11.5 Å². The fourth-order valence-corrected chi connectivity index (χ4v) is 6.71. The molecule has 1 N–H and O–H groups in total. The van der Waals surface area contributed by atoms with Gasteiger partial charge in [0, 0.05) is 18.9 Å². The van der Waals surface area contributed by atoms with Gasteiger partial charge >= 0.3 is 11.4 Å². The Balaban J connectivity index is 1.83. The van der Waals surface area contributed by atoms with E-state index in [0.29, 0.717) is 21.2 Å². The van der Waals surface area contributed by atoms with Gasteiger partial charge in [-0.3, -0.25) is 9.59 Å². The van der Waals surface area contributed by atoms with Gasteiger partial charge in [-0.15, -0.1) is 0 Å². The normalized spacial score (nSPS) is 27.8. The zero-order chi connectivity index (χ0) is 25.6. The average Bonchev–Trinajstić information content (AvgIpc) is 3.06. The number of rotatable bonds is 2. The molecule has 35 heavy (non-hydrogen) atoms. The summed E-state index contributed by atoms with van der Waals surface area (Å²) in [5, 5.41) is 10.4. The highest BCUT2D eigenvalue weighted by atomic mass is 79.9. The standard InChI is InChI=1S/C25H26BrN3O6/c1-11-12(2)22(32)25(3)15(20(11)30)10-17-14(6-7-28-23(33)27(4)24(34)29(17)28)19(25)13-8-16(26)21(31)18(9-13)35-5/h6,8-9,15,17,19,31H,7,10H2,1-5H3/t15-,17+,19-,25+/m0/s1. The Morgan fingerprint density at radius 1 is 1.11 bits per heavy atom. The molecule has 10 heteroatoms. The Bertz CT molecular complexity index is 1510. The lowest BCUT2D eigenvalue weighted by atomic mass is 9.50. The van der Waals surface area contributed by atoms with Crippen LogP contribution in [0.5, 0.6) is 11.5 Å².